The minimum atomic E-state index is -0.106. The molecular weight excluding hydrogens is 226 g/mol. The third-order valence-corrected chi connectivity index (χ3v) is 3.06. The van der Waals surface area contributed by atoms with Crippen LogP contribution in [0.1, 0.15) is 25.8 Å². The molecule has 1 aromatic rings. The van der Waals surface area contributed by atoms with E-state index >= 15 is 0 Å². The monoisotopic (exact) mass is 249 g/mol. The molecule has 0 aromatic heterocycles. The van der Waals surface area contributed by atoms with Crippen LogP contribution >= 0.6 is 0 Å². The summed E-state index contributed by atoms with van der Waals surface area (Å²) in [5.41, 5.74) is 1.15. The first kappa shape index (κ1) is 13.2. The normalized spacial score (nSPS) is 16.5. The van der Waals surface area contributed by atoms with Gasteiger partial charge in [-0.25, -0.2) is 0 Å². The summed E-state index contributed by atoms with van der Waals surface area (Å²) >= 11 is 0. The highest BCUT2D eigenvalue weighted by molar-refractivity contribution is 5.50. The van der Waals surface area contributed by atoms with Gasteiger partial charge in [0, 0.05) is 18.5 Å². The molecule has 0 atom stereocenters. The number of nitrogens with zero attached hydrogens (tertiary/aromatic N) is 1. The summed E-state index contributed by atoms with van der Waals surface area (Å²) in [7, 11) is 4.15. The predicted molar refractivity (Wildman–Crippen MR) is 73.5 cm³/mol. The first-order valence-corrected chi connectivity index (χ1v) is 6.56. The molecule has 2 rings (SSSR count). The Balaban J connectivity index is 1.97. The molecule has 18 heavy (non-hydrogen) atoms. The van der Waals surface area contributed by atoms with Crippen molar-refractivity contribution in [3.05, 3.63) is 23.8 Å². The second-order valence-corrected chi connectivity index (χ2v) is 5.79. The Morgan fingerprint density at radius 2 is 2.11 bits per heavy atom. The maximum absolute atomic E-state index is 5.97. The van der Waals surface area contributed by atoms with E-state index in [0.717, 1.165) is 37.5 Å². The van der Waals surface area contributed by atoms with Crippen molar-refractivity contribution in [2.45, 2.75) is 32.3 Å². The van der Waals surface area contributed by atoms with Crippen molar-refractivity contribution in [1.82, 2.24) is 4.90 Å². The molecule has 0 aliphatic carbocycles. The molecule has 100 valence electrons. The second-order valence-electron chi connectivity index (χ2n) is 5.79. The van der Waals surface area contributed by atoms with Gasteiger partial charge in [-0.15, -0.1) is 0 Å². The summed E-state index contributed by atoms with van der Waals surface area (Å²) in [4.78, 5) is 2.17. The van der Waals surface area contributed by atoms with Crippen molar-refractivity contribution in [2.24, 2.45) is 0 Å². The number of fused-ring (bicyclic) bond motifs is 1. The number of hydrogen-bond donors (Lipinski definition) is 0. The van der Waals surface area contributed by atoms with E-state index in [9.17, 15) is 0 Å². The fourth-order valence-electron chi connectivity index (χ4n) is 2.26. The lowest BCUT2D eigenvalue weighted by Crippen LogP contribution is -2.24. The molecule has 1 aliphatic heterocycles. The van der Waals surface area contributed by atoms with Crippen molar-refractivity contribution >= 4 is 0 Å². The highest BCUT2D eigenvalue weighted by Gasteiger charge is 2.32. The van der Waals surface area contributed by atoms with Crippen molar-refractivity contribution in [3.8, 4) is 11.5 Å². The molecule has 0 unspecified atom stereocenters. The summed E-state index contributed by atoms with van der Waals surface area (Å²) < 4.78 is 11.8. The van der Waals surface area contributed by atoms with Crippen molar-refractivity contribution < 1.29 is 9.47 Å². The minimum Gasteiger partial charge on any atom is -0.490 e. The number of para-hydroxylation sites is 1. The molecule has 0 spiro atoms. The molecule has 3 heteroatoms. The van der Waals surface area contributed by atoms with Gasteiger partial charge in [0.1, 0.15) is 5.60 Å². The second kappa shape index (κ2) is 5.19. The lowest BCUT2D eigenvalue weighted by Gasteiger charge is -2.18. The maximum atomic E-state index is 5.97. The number of rotatable bonds is 5. The molecule has 0 saturated heterocycles. The molecule has 0 amide bonds. The molecular formula is C15H23NO2. The zero-order chi connectivity index (χ0) is 13.2. The molecule has 1 aliphatic rings. The predicted octanol–water partition coefficient (Wildman–Crippen LogP) is 2.73. The summed E-state index contributed by atoms with van der Waals surface area (Å²) in [6.07, 6.45) is 1.98. The van der Waals surface area contributed by atoms with Crippen LogP contribution in [0.15, 0.2) is 18.2 Å². The van der Waals surface area contributed by atoms with Crippen LogP contribution in [0.25, 0.3) is 0 Å². The molecule has 1 heterocycles. The van der Waals surface area contributed by atoms with Crippen LogP contribution in [0, 0.1) is 0 Å². The van der Waals surface area contributed by atoms with E-state index in [1.807, 2.05) is 12.1 Å². The zero-order valence-electron chi connectivity index (χ0n) is 11.8. The van der Waals surface area contributed by atoms with Gasteiger partial charge in [0.05, 0.1) is 6.61 Å². The molecule has 0 saturated carbocycles. The maximum Gasteiger partial charge on any atom is 0.165 e. The topological polar surface area (TPSA) is 21.7 Å². The van der Waals surface area contributed by atoms with Gasteiger partial charge in [-0.05, 0) is 40.4 Å². The summed E-state index contributed by atoms with van der Waals surface area (Å²) in [6, 6.07) is 6.16. The van der Waals surface area contributed by atoms with Crippen LogP contribution in [-0.4, -0.2) is 37.7 Å². The number of hydrogen-bond acceptors (Lipinski definition) is 3. The number of ether oxygens (including phenoxy) is 2. The summed E-state index contributed by atoms with van der Waals surface area (Å²) in [5.74, 6) is 1.82. The van der Waals surface area contributed by atoms with Gasteiger partial charge in [0.2, 0.25) is 0 Å². The highest BCUT2D eigenvalue weighted by Crippen LogP contribution is 2.41. The Bertz CT molecular complexity index is 413. The quantitative estimate of drug-likeness (QED) is 0.749. The summed E-state index contributed by atoms with van der Waals surface area (Å²) in [5, 5.41) is 0. The van der Waals surface area contributed by atoms with Crippen molar-refractivity contribution in [3.63, 3.8) is 0 Å². The van der Waals surface area contributed by atoms with Gasteiger partial charge in [-0.3, -0.25) is 0 Å². The average Bonchev–Trinajstić information content (AvgIpc) is 2.58. The Kier molecular flexibility index (Phi) is 3.81. The van der Waals surface area contributed by atoms with Crippen LogP contribution in [0.3, 0.4) is 0 Å². The van der Waals surface area contributed by atoms with Crippen LogP contribution in [0.2, 0.25) is 0 Å². The van der Waals surface area contributed by atoms with Gasteiger partial charge in [-0.1, -0.05) is 12.1 Å². The Morgan fingerprint density at radius 1 is 1.33 bits per heavy atom. The SMILES string of the molecule is CN(C)CCCOc1cccc2c1OC(C)(C)C2. The first-order valence-electron chi connectivity index (χ1n) is 6.56. The largest absolute Gasteiger partial charge is 0.490 e. The van der Waals surface area contributed by atoms with Crippen LogP contribution < -0.4 is 9.47 Å². The van der Waals surface area contributed by atoms with E-state index in [4.69, 9.17) is 9.47 Å². The van der Waals surface area contributed by atoms with Crippen LogP contribution in [0.5, 0.6) is 11.5 Å². The standard InChI is InChI=1S/C15H23NO2/c1-15(2)11-12-7-5-8-13(14(12)18-15)17-10-6-9-16(3)4/h5,7-8H,6,9-11H2,1-4H3. The van der Waals surface area contributed by atoms with E-state index in [-0.39, 0.29) is 5.60 Å². The molecule has 3 nitrogen and oxygen atoms in total. The van der Waals surface area contributed by atoms with Crippen molar-refractivity contribution in [1.29, 1.82) is 0 Å². The van der Waals surface area contributed by atoms with Gasteiger partial charge >= 0.3 is 0 Å². The molecule has 0 fully saturated rings. The number of benzene rings is 1. The Morgan fingerprint density at radius 3 is 2.83 bits per heavy atom. The summed E-state index contributed by atoms with van der Waals surface area (Å²) in [6.45, 7) is 6.01. The van der Waals surface area contributed by atoms with E-state index < -0.39 is 0 Å². The molecule has 0 bridgehead atoms. The third-order valence-electron chi connectivity index (χ3n) is 3.06. The highest BCUT2D eigenvalue weighted by atomic mass is 16.5. The van der Waals surface area contributed by atoms with Gasteiger partial charge in [-0.2, -0.15) is 0 Å². The minimum absolute atomic E-state index is 0.106. The van der Waals surface area contributed by atoms with Gasteiger partial charge < -0.3 is 14.4 Å². The molecule has 0 N–H and O–H groups in total. The molecule has 0 radical (unpaired) electrons. The lowest BCUT2D eigenvalue weighted by molar-refractivity contribution is 0.131. The average molecular weight is 249 g/mol. The zero-order valence-corrected chi connectivity index (χ0v) is 11.8. The fraction of sp³-hybridized carbons (Fsp3) is 0.600. The van der Waals surface area contributed by atoms with Crippen molar-refractivity contribution in [2.75, 3.05) is 27.2 Å². The Hall–Kier alpha value is -1.22. The fourth-order valence-corrected chi connectivity index (χ4v) is 2.26. The third kappa shape index (κ3) is 3.16. The van der Waals surface area contributed by atoms with E-state index in [2.05, 4.69) is 38.9 Å². The first-order chi connectivity index (χ1) is 8.48. The molecule has 1 aromatic carbocycles. The van der Waals surface area contributed by atoms with E-state index in [1.165, 1.54) is 5.56 Å². The van der Waals surface area contributed by atoms with Crippen LogP contribution in [0.4, 0.5) is 0 Å². The smallest absolute Gasteiger partial charge is 0.165 e. The van der Waals surface area contributed by atoms with Gasteiger partial charge in [0.15, 0.2) is 11.5 Å². The van der Waals surface area contributed by atoms with Gasteiger partial charge in [0.25, 0.3) is 0 Å². The van der Waals surface area contributed by atoms with E-state index in [1.54, 1.807) is 0 Å². The van der Waals surface area contributed by atoms with Crippen LogP contribution in [-0.2, 0) is 6.42 Å². The lowest BCUT2D eigenvalue weighted by atomic mass is 10.0. The van der Waals surface area contributed by atoms with E-state index in [0.29, 0.717) is 0 Å². The Labute approximate surface area is 110 Å².